The van der Waals surface area contributed by atoms with Crippen LogP contribution in [0, 0.1) is 0 Å². The number of sulfone groups is 1. The maximum Gasteiger partial charge on any atom is 0.240 e. The average Bonchev–Trinajstić information content (AvgIpc) is 2.61. The molecule has 0 saturated carbocycles. The van der Waals surface area contributed by atoms with Crippen molar-refractivity contribution in [2.45, 2.75) is 44.8 Å². The Morgan fingerprint density at radius 2 is 2.17 bits per heavy atom. The zero-order valence-electron chi connectivity index (χ0n) is 10.8. The molecule has 2 rings (SSSR count). The number of carbonyl (C=O) groups excluding carboxylic acids is 1. The highest BCUT2D eigenvalue weighted by atomic mass is 32.2. The minimum Gasteiger partial charge on any atom is -0.334 e. The monoisotopic (exact) mass is 272 g/mol. The quantitative estimate of drug-likeness (QED) is 0.802. The molecule has 2 aliphatic heterocycles. The van der Waals surface area contributed by atoms with E-state index >= 15 is 0 Å². The molecule has 6 heteroatoms. The molecule has 0 aliphatic carbocycles. The van der Waals surface area contributed by atoms with Gasteiger partial charge in [0.2, 0.25) is 5.91 Å². The highest BCUT2D eigenvalue weighted by Crippen LogP contribution is 2.21. The van der Waals surface area contributed by atoms with Crippen molar-refractivity contribution in [3.63, 3.8) is 0 Å². The predicted molar refractivity (Wildman–Crippen MR) is 69.7 cm³/mol. The van der Waals surface area contributed by atoms with E-state index in [0.29, 0.717) is 6.54 Å². The molecule has 2 unspecified atom stereocenters. The van der Waals surface area contributed by atoms with Gasteiger partial charge in [-0.05, 0) is 18.9 Å². The van der Waals surface area contributed by atoms with Crippen LogP contribution in [-0.2, 0) is 14.6 Å². The van der Waals surface area contributed by atoms with Crippen LogP contribution in [0.4, 0.5) is 0 Å². The number of rotatable bonds is 3. The van der Waals surface area contributed by atoms with Gasteiger partial charge in [-0.3, -0.25) is 4.79 Å². The number of nitrogens with zero attached hydrogens (tertiary/aromatic N) is 1. The van der Waals surface area contributed by atoms with Crippen molar-refractivity contribution in [3.8, 4) is 0 Å². The van der Waals surface area contributed by atoms with E-state index in [0.717, 1.165) is 12.8 Å². The number of hydrogen-bond acceptors (Lipinski definition) is 4. The molecule has 18 heavy (non-hydrogen) atoms. The molecule has 0 bridgehead atoms. The maximum atomic E-state index is 12.3. The molecular weight excluding hydrogens is 252 g/mol. The van der Waals surface area contributed by atoms with Crippen LogP contribution in [0.15, 0.2) is 11.5 Å². The van der Waals surface area contributed by atoms with Crippen LogP contribution < -0.4 is 5.32 Å². The van der Waals surface area contributed by atoms with E-state index in [1.807, 2.05) is 13.8 Å². The topological polar surface area (TPSA) is 66.5 Å². The van der Waals surface area contributed by atoms with E-state index in [2.05, 4.69) is 5.32 Å². The van der Waals surface area contributed by atoms with Gasteiger partial charge in [0.15, 0.2) is 9.84 Å². The first-order valence-electron chi connectivity index (χ1n) is 6.36. The Hall–Kier alpha value is -0.880. The number of amides is 1. The van der Waals surface area contributed by atoms with Gasteiger partial charge in [-0.2, -0.15) is 0 Å². The number of hydrogen-bond donors (Lipinski definition) is 1. The highest BCUT2D eigenvalue weighted by molar-refractivity contribution is 7.94. The third kappa shape index (κ3) is 2.92. The zero-order chi connectivity index (χ0) is 13.3. The Kier molecular flexibility index (Phi) is 3.77. The lowest BCUT2D eigenvalue weighted by Crippen LogP contribution is -2.55. The van der Waals surface area contributed by atoms with Gasteiger partial charge in [-0.15, -0.1) is 0 Å². The molecule has 1 amide bonds. The molecule has 1 fully saturated rings. The number of carbonyl (C=O) groups is 1. The molecule has 2 heterocycles. The van der Waals surface area contributed by atoms with Crippen molar-refractivity contribution in [1.29, 1.82) is 0 Å². The highest BCUT2D eigenvalue weighted by Gasteiger charge is 2.36. The normalized spacial score (nSPS) is 31.3. The number of piperidine rings is 1. The van der Waals surface area contributed by atoms with Crippen LogP contribution in [-0.4, -0.2) is 49.6 Å². The number of nitrogens with one attached hydrogen (secondary N) is 1. The van der Waals surface area contributed by atoms with E-state index < -0.39 is 9.84 Å². The molecule has 0 aromatic rings. The van der Waals surface area contributed by atoms with E-state index in [1.165, 1.54) is 5.41 Å². The standard InChI is InChI=1S/C12H20N2O3S/c1-9(2)13-11-4-3-6-14(12(11)15)10-5-7-18(16,17)8-10/h5,7,9-11,13H,3-4,6,8H2,1-2H3. The molecule has 0 radical (unpaired) electrons. The molecule has 1 N–H and O–H groups in total. The molecule has 5 nitrogen and oxygen atoms in total. The Balaban J connectivity index is 2.06. The zero-order valence-corrected chi connectivity index (χ0v) is 11.6. The van der Waals surface area contributed by atoms with Gasteiger partial charge in [-0.25, -0.2) is 8.42 Å². The van der Waals surface area contributed by atoms with Crippen LogP contribution in [0.5, 0.6) is 0 Å². The Labute approximate surface area is 108 Å². The lowest BCUT2D eigenvalue weighted by Gasteiger charge is -2.36. The van der Waals surface area contributed by atoms with E-state index in [1.54, 1.807) is 11.0 Å². The molecular formula is C12H20N2O3S. The SMILES string of the molecule is CC(C)NC1CCCN(C2C=CS(=O)(=O)C2)C1=O. The fraction of sp³-hybridized carbons (Fsp3) is 0.750. The molecule has 2 atom stereocenters. The third-order valence-corrected chi connectivity index (χ3v) is 4.70. The second-order valence-electron chi connectivity index (χ2n) is 5.27. The molecule has 1 saturated heterocycles. The van der Waals surface area contributed by atoms with Crippen molar-refractivity contribution >= 4 is 15.7 Å². The van der Waals surface area contributed by atoms with Crippen molar-refractivity contribution in [2.24, 2.45) is 0 Å². The van der Waals surface area contributed by atoms with E-state index in [9.17, 15) is 13.2 Å². The lowest BCUT2D eigenvalue weighted by molar-refractivity contribution is -0.137. The Morgan fingerprint density at radius 1 is 1.44 bits per heavy atom. The summed E-state index contributed by atoms with van der Waals surface area (Å²) in [5, 5.41) is 4.47. The van der Waals surface area contributed by atoms with Crippen LogP contribution in [0.1, 0.15) is 26.7 Å². The molecule has 102 valence electrons. The minimum absolute atomic E-state index is 0.0294. The van der Waals surface area contributed by atoms with Gasteiger partial charge >= 0.3 is 0 Å². The molecule has 2 aliphatic rings. The van der Waals surface area contributed by atoms with E-state index in [4.69, 9.17) is 0 Å². The largest absolute Gasteiger partial charge is 0.334 e. The summed E-state index contributed by atoms with van der Waals surface area (Å²) < 4.78 is 22.8. The fourth-order valence-electron chi connectivity index (χ4n) is 2.54. The molecule has 0 aromatic carbocycles. The van der Waals surface area contributed by atoms with Crippen LogP contribution in [0.25, 0.3) is 0 Å². The van der Waals surface area contributed by atoms with Gasteiger partial charge in [0.25, 0.3) is 0 Å². The third-order valence-electron chi connectivity index (χ3n) is 3.32. The summed E-state index contributed by atoms with van der Waals surface area (Å²) in [6.45, 7) is 4.66. The summed E-state index contributed by atoms with van der Waals surface area (Å²) in [4.78, 5) is 14.0. The van der Waals surface area contributed by atoms with Crippen molar-refractivity contribution in [2.75, 3.05) is 12.3 Å². The van der Waals surface area contributed by atoms with Crippen molar-refractivity contribution in [1.82, 2.24) is 10.2 Å². The summed E-state index contributed by atoms with van der Waals surface area (Å²) >= 11 is 0. The first-order valence-corrected chi connectivity index (χ1v) is 8.08. The summed E-state index contributed by atoms with van der Waals surface area (Å²) in [5.41, 5.74) is 0. The minimum atomic E-state index is -3.10. The Morgan fingerprint density at radius 3 is 2.72 bits per heavy atom. The first-order chi connectivity index (χ1) is 8.39. The lowest BCUT2D eigenvalue weighted by atomic mass is 10.0. The average molecular weight is 272 g/mol. The fourth-order valence-corrected chi connectivity index (χ4v) is 3.84. The summed E-state index contributed by atoms with van der Waals surface area (Å²) in [7, 11) is -3.10. The maximum absolute atomic E-state index is 12.3. The number of likely N-dealkylation sites (tertiary alicyclic amines) is 1. The van der Waals surface area contributed by atoms with Gasteiger partial charge < -0.3 is 10.2 Å². The first kappa shape index (κ1) is 13.5. The van der Waals surface area contributed by atoms with Gasteiger partial charge in [0.05, 0.1) is 17.8 Å². The molecule has 0 aromatic heterocycles. The van der Waals surface area contributed by atoms with Crippen LogP contribution in [0.3, 0.4) is 0 Å². The van der Waals surface area contributed by atoms with Crippen LogP contribution in [0.2, 0.25) is 0 Å². The van der Waals surface area contributed by atoms with E-state index in [-0.39, 0.29) is 29.8 Å². The summed E-state index contributed by atoms with van der Waals surface area (Å²) in [5.74, 6) is 0.0642. The smallest absolute Gasteiger partial charge is 0.240 e. The van der Waals surface area contributed by atoms with Crippen molar-refractivity contribution in [3.05, 3.63) is 11.5 Å². The second-order valence-corrected chi connectivity index (χ2v) is 7.20. The summed E-state index contributed by atoms with van der Waals surface area (Å²) in [6, 6.07) is -0.198. The van der Waals surface area contributed by atoms with Crippen LogP contribution >= 0.6 is 0 Å². The van der Waals surface area contributed by atoms with Gasteiger partial charge in [0, 0.05) is 18.0 Å². The summed E-state index contributed by atoms with van der Waals surface area (Å²) in [6.07, 6.45) is 3.38. The second kappa shape index (κ2) is 5.01. The Bertz CT molecular complexity index is 456. The van der Waals surface area contributed by atoms with Crippen molar-refractivity contribution < 1.29 is 13.2 Å². The van der Waals surface area contributed by atoms with Gasteiger partial charge in [0.1, 0.15) is 0 Å². The predicted octanol–water partition coefficient (Wildman–Crippen LogP) is 0.286. The van der Waals surface area contributed by atoms with Gasteiger partial charge in [-0.1, -0.05) is 13.8 Å². The molecule has 0 spiro atoms.